The lowest BCUT2D eigenvalue weighted by molar-refractivity contribution is -0.161. The van der Waals surface area contributed by atoms with Crippen molar-refractivity contribution in [3.8, 4) is 0 Å². The highest BCUT2D eigenvalue weighted by molar-refractivity contribution is 5.30. The molecule has 5 rings (SSSR count). The van der Waals surface area contributed by atoms with Crippen LogP contribution >= 0.6 is 0 Å². The van der Waals surface area contributed by atoms with Crippen LogP contribution < -0.4 is 0 Å². The fourth-order valence-electron chi connectivity index (χ4n) is 11.4. The van der Waals surface area contributed by atoms with Gasteiger partial charge in [0.25, 0.3) is 0 Å². The Morgan fingerprint density at radius 2 is 1.38 bits per heavy atom. The van der Waals surface area contributed by atoms with E-state index in [4.69, 9.17) is 0 Å². The van der Waals surface area contributed by atoms with E-state index < -0.39 is 0 Å². The molecular formula is C31H54O. The summed E-state index contributed by atoms with van der Waals surface area (Å²) in [7, 11) is 0. The highest BCUT2D eigenvalue weighted by Gasteiger charge is 2.82. The van der Waals surface area contributed by atoms with E-state index in [9.17, 15) is 5.11 Å². The second kappa shape index (κ2) is 7.24. The molecule has 0 aromatic heterocycles. The van der Waals surface area contributed by atoms with Crippen LogP contribution in [0.3, 0.4) is 0 Å². The van der Waals surface area contributed by atoms with Crippen molar-refractivity contribution in [3.05, 3.63) is 0 Å². The molecule has 32 heavy (non-hydrogen) atoms. The van der Waals surface area contributed by atoms with E-state index in [1.807, 2.05) is 0 Å². The van der Waals surface area contributed by atoms with Crippen LogP contribution in [0.25, 0.3) is 0 Å². The monoisotopic (exact) mass is 442 g/mol. The number of fused-ring (bicyclic) bond motifs is 2. The second-order valence-electron chi connectivity index (χ2n) is 15.3. The van der Waals surface area contributed by atoms with Crippen molar-refractivity contribution in [2.45, 2.75) is 132 Å². The molecule has 0 aromatic rings. The summed E-state index contributed by atoms with van der Waals surface area (Å²) in [6.07, 6.45) is 15.4. The fourth-order valence-corrected chi connectivity index (χ4v) is 11.4. The van der Waals surface area contributed by atoms with Crippen LogP contribution in [-0.2, 0) is 0 Å². The first kappa shape index (κ1) is 23.7. The van der Waals surface area contributed by atoms with Gasteiger partial charge >= 0.3 is 0 Å². The fraction of sp³-hybridized carbons (Fsp3) is 1.00. The minimum absolute atomic E-state index is 0.0818. The van der Waals surface area contributed by atoms with E-state index in [1.165, 1.54) is 64.2 Å². The predicted octanol–water partition coefficient (Wildman–Crippen LogP) is 8.49. The zero-order valence-corrected chi connectivity index (χ0v) is 22.8. The first-order valence-corrected chi connectivity index (χ1v) is 14.5. The molecule has 1 nitrogen and oxygen atoms in total. The SMILES string of the molecule is CC(C)[C@H](C)CC[C@H](C)[C@@H]1CC[C@@]2(C)[C@@H]3CC[C@H]4C(C)(C)[C@@H](O)CC[C@]45C[C@]35CC[C@@]12C. The highest BCUT2D eigenvalue weighted by atomic mass is 16.3. The Hall–Kier alpha value is -0.0400. The molecule has 0 bridgehead atoms. The number of rotatable bonds is 5. The summed E-state index contributed by atoms with van der Waals surface area (Å²) in [5.74, 6) is 5.20. The summed E-state index contributed by atoms with van der Waals surface area (Å²) < 4.78 is 0. The summed E-state index contributed by atoms with van der Waals surface area (Å²) >= 11 is 0. The first-order valence-electron chi connectivity index (χ1n) is 14.5. The lowest BCUT2D eigenvalue weighted by Crippen LogP contribution is -2.57. The molecule has 1 N–H and O–H groups in total. The Labute approximate surface area is 199 Å². The second-order valence-corrected chi connectivity index (χ2v) is 15.3. The van der Waals surface area contributed by atoms with Gasteiger partial charge in [0.05, 0.1) is 6.10 Å². The van der Waals surface area contributed by atoms with Gasteiger partial charge < -0.3 is 5.11 Å². The zero-order valence-electron chi connectivity index (χ0n) is 22.8. The molecule has 184 valence electrons. The van der Waals surface area contributed by atoms with Gasteiger partial charge in [0, 0.05) is 0 Å². The molecule has 0 radical (unpaired) electrons. The number of hydrogen-bond acceptors (Lipinski definition) is 1. The Kier molecular flexibility index (Phi) is 5.36. The number of aliphatic hydroxyl groups is 1. The lowest BCUT2D eigenvalue weighted by atomic mass is 9.41. The van der Waals surface area contributed by atoms with E-state index in [1.54, 1.807) is 0 Å². The maximum absolute atomic E-state index is 10.9. The predicted molar refractivity (Wildman–Crippen MR) is 135 cm³/mol. The van der Waals surface area contributed by atoms with E-state index in [2.05, 4.69) is 55.4 Å². The summed E-state index contributed by atoms with van der Waals surface area (Å²) in [5, 5.41) is 10.9. The normalized spacial score (nSPS) is 53.1. The molecule has 0 unspecified atom stereocenters. The molecule has 10 atom stereocenters. The molecule has 5 saturated carbocycles. The van der Waals surface area contributed by atoms with E-state index in [-0.39, 0.29) is 11.5 Å². The van der Waals surface area contributed by atoms with Crippen LogP contribution in [0.2, 0.25) is 0 Å². The Bertz CT molecular complexity index is 739. The minimum Gasteiger partial charge on any atom is -0.393 e. The van der Waals surface area contributed by atoms with Crippen molar-refractivity contribution in [1.29, 1.82) is 0 Å². The van der Waals surface area contributed by atoms with Crippen LogP contribution in [0.4, 0.5) is 0 Å². The summed E-state index contributed by atoms with van der Waals surface area (Å²) in [4.78, 5) is 0. The molecule has 5 aliphatic carbocycles. The van der Waals surface area contributed by atoms with Crippen LogP contribution in [0.5, 0.6) is 0 Å². The van der Waals surface area contributed by atoms with Crippen molar-refractivity contribution in [3.63, 3.8) is 0 Å². The van der Waals surface area contributed by atoms with Crippen molar-refractivity contribution in [2.75, 3.05) is 0 Å². The molecule has 0 saturated heterocycles. The number of aliphatic hydroxyl groups excluding tert-OH is 1. The van der Waals surface area contributed by atoms with Crippen molar-refractivity contribution < 1.29 is 5.11 Å². The van der Waals surface area contributed by atoms with Gasteiger partial charge in [0.15, 0.2) is 0 Å². The maximum atomic E-state index is 10.9. The van der Waals surface area contributed by atoms with Gasteiger partial charge in [0.1, 0.15) is 0 Å². The molecule has 0 aliphatic heterocycles. The molecule has 0 heterocycles. The Morgan fingerprint density at radius 3 is 2.06 bits per heavy atom. The van der Waals surface area contributed by atoms with E-state index >= 15 is 0 Å². The van der Waals surface area contributed by atoms with Gasteiger partial charge in [-0.05, 0) is 120 Å². The molecule has 0 amide bonds. The summed E-state index contributed by atoms with van der Waals surface area (Å²) in [5.41, 5.74) is 2.42. The van der Waals surface area contributed by atoms with Crippen LogP contribution in [0.1, 0.15) is 126 Å². The Morgan fingerprint density at radius 1 is 0.719 bits per heavy atom. The smallest absolute Gasteiger partial charge is 0.0594 e. The van der Waals surface area contributed by atoms with Crippen LogP contribution in [-0.4, -0.2) is 11.2 Å². The molecule has 1 heteroatoms. The standard InChI is InChI=1S/C31H54O/c1-20(2)21(3)9-10-22(4)23-13-15-29(8)25-12-11-24-27(5,6)26(32)14-16-30(24)19-31(25,30)18-17-28(23,29)7/h20-26,32H,9-19H2,1-8H3/t21-,22+,23+,24+,25+,26+,28+,29+,30+,31-/m1/s1. The molecule has 2 spiro atoms. The van der Waals surface area contributed by atoms with Crippen molar-refractivity contribution in [1.82, 2.24) is 0 Å². The largest absolute Gasteiger partial charge is 0.393 e. The van der Waals surface area contributed by atoms with Crippen LogP contribution in [0.15, 0.2) is 0 Å². The topological polar surface area (TPSA) is 20.2 Å². The summed E-state index contributed by atoms with van der Waals surface area (Å²) in [6, 6.07) is 0. The molecule has 5 aliphatic rings. The van der Waals surface area contributed by atoms with Crippen molar-refractivity contribution >= 4 is 0 Å². The quantitative estimate of drug-likeness (QED) is 0.452. The van der Waals surface area contributed by atoms with E-state index in [0.717, 1.165) is 41.9 Å². The average molecular weight is 443 g/mol. The van der Waals surface area contributed by atoms with E-state index in [0.29, 0.717) is 21.7 Å². The summed E-state index contributed by atoms with van der Waals surface area (Å²) in [6.45, 7) is 20.2. The van der Waals surface area contributed by atoms with Gasteiger partial charge in [-0.1, -0.05) is 68.2 Å². The number of hydrogen-bond donors (Lipinski definition) is 1. The molecular weight excluding hydrogens is 388 g/mol. The van der Waals surface area contributed by atoms with Gasteiger partial charge in [-0.15, -0.1) is 0 Å². The average Bonchev–Trinajstić information content (AvgIpc) is 3.31. The lowest BCUT2D eigenvalue weighted by Gasteiger charge is -2.63. The molecule has 0 aromatic carbocycles. The minimum atomic E-state index is -0.0818. The van der Waals surface area contributed by atoms with Gasteiger partial charge in [-0.25, -0.2) is 0 Å². The maximum Gasteiger partial charge on any atom is 0.0594 e. The zero-order chi connectivity index (χ0) is 23.3. The van der Waals surface area contributed by atoms with Crippen LogP contribution in [0, 0.1) is 62.6 Å². The molecule has 5 fully saturated rings. The first-order chi connectivity index (χ1) is 14.9. The van der Waals surface area contributed by atoms with Gasteiger partial charge in [-0.2, -0.15) is 0 Å². The third-order valence-corrected chi connectivity index (χ3v) is 14.1. The van der Waals surface area contributed by atoms with Crippen molar-refractivity contribution in [2.24, 2.45) is 62.6 Å². The third kappa shape index (κ3) is 2.79. The van der Waals surface area contributed by atoms with Gasteiger partial charge in [0.2, 0.25) is 0 Å². The van der Waals surface area contributed by atoms with Gasteiger partial charge in [-0.3, -0.25) is 0 Å². The third-order valence-electron chi connectivity index (χ3n) is 14.1. The highest BCUT2D eigenvalue weighted by Crippen LogP contribution is 2.89. The Balaban J connectivity index is 1.38.